The van der Waals surface area contributed by atoms with E-state index in [0.717, 1.165) is 23.3 Å². The van der Waals surface area contributed by atoms with Gasteiger partial charge in [-0.05, 0) is 55.3 Å². The number of carbonyl (C=O) groups is 2. The monoisotopic (exact) mass is 301 g/mol. The average Bonchev–Trinajstić information content (AvgIpc) is 2.49. The summed E-state index contributed by atoms with van der Waals surface area (Å²) in [4.78, 5) is 23.5. The van der Waals surface area contributed by atoms with Crippen LogP contribution in [0.2, 0.25) is 0 Å². The maximum Gasteiger partial charge on any atom is 0.338 e. The van der Waals surface area contributed by atoms with Gasteiger partial charge < -0.3 is 10.1 Å². The second-order valence-corrected chi connectivity index (χ2v) is 4.95. The van der Waals surface area contributed by atoms with E-state index in [9.17, 15) is 14.0 Å². The number of nitrogens with one attached hydrogen (secondary N) is 1. The van der Waals surface area contributed by atoms with Crippen LogP contribution in [0.15, 0.2) is 42.5 Å². The molecule has 1 amide bonds. The fraction of sp³-hybridized carbons (Fsp3) is 0.176. The zero-order valence-corrected chi connectivity index (χ0v) is 12.4. The van der Waals surface area contributed by atoms with E-state index in [4.69, 9.17) is 4.74 Å². The minimum absolute atomic E-state index is 0.195. The van der Waals surface area contributed by atoms with Gasteiger partial charge in [-0.15, -0.1) is 0 Å². The number of ether oxygens (including phenoxy) is 1. The van der Waals surface area contributed by atoms with Crippen molar-refractivity contribution in [3.63, 3.8) is 0 Å². The zero-order chi connectivity index (χ0) is 16.1. The molecule has 0 saturated heterocycles. The molecule has 0 fully saturated rings. The molecule has 0 bridgehead atoms. The minimum atomic E-state index is -0.670. The highest BCUT2D eigenvalue weighted by Gasteiger charge is 2.11. The first-order valence-electron chi connectivity index (χ1n) is 6.75. The van der Waals surface area contributed by atoms with Crippen molar-refractivity contribution >= 4 is 17.6 Å². The number of carbonyl (C=O) groups excluding carboxylic acids is 2. The first-order valence-corrected chi connectivity index (χ1v) is 6.75. The lowest BCUT2D eigenvalue weighted by Gasteiger charge is -2.10. The van der Waals surface area contributed by atoms with E-state index in [-0.39, 0.29) is 5.56 Å². The van der Waals surface area contributed by atoms with Crippen LogP contribution in [0.4, 0.5) is 10.1 Å². The molecule has 22 heavy (non-hydrogen) atoms. The molecule has 0 aromatic heterocycles. The number of benzene rings is 2. The van der Waals surface area contributed by atoms with Gasteiger partial charge in [-0.3, -0.25) is 4.79 Å². The van der Waals surface area contributed by atoms with Crippen LogP contribution < -0.4 is 5.32 Å². The topological polar surface area (TPSA) is 55.4 Å². The Labute approximate surface area is 127 Å². The Morgan fingerprint density at radius 1 is 1.09 bits per heavy atom. The van der Waals surface area contributed by atoms with Gasteiger partial charge in [0, 0.05) is 5.69 Å². The summed E-state index contributed by atoms with van der Waals surface area (Å²) in [6, 6.07) is 10.6. The second-order valence-electron chi connectivity index (χ2n) is 4.95. The summed E-state index contributed by atoms with van der Waals surface area (Å²) in [7, 11) is 0. The molecule has 0 aliphatic carbocycles. The molecule has 0 atom stereocenters. The van der Waals surface area contributed by atoms with Gasteiger partial charge in [-0.2, -0.15) is 0 Å². The molecule has 0 aliphatic heterocycles. The van der Waals surface area contributed by atoms with E-state index >= 15 is 0 Å². The van der Waals surface area contributed by atoms with Crippen LogP contribution in [0.1, 0.15) is 21.5 Å². The Morgan fingerprint density at radius 2 is 1.77 bits per heavy atom. The van der Waals surface area contributed by atoms with Crippen molar-refractivity contribution in [3.05, 3.63) is 65.0 Å². The third kappa shape index (κ3) is 4.15. The first-order chi connectivity index (χ1) is 10.5. The van der Waals surface area contributed by atoms with Crippen LogP contribution in [-0.2, 0) is 9.53 Å². The molecule has 0 aliphatic rings. The molecular weight excluding hydrogens is 285 g/mol. The minimum Gasteiger partial charge on any atom is -0.452 e. The molecule has 0 spiro atoms. The fourth-order valence-corrected chi connectivity index (χ4v) is 1.86. The highest BCUT2D eigenvalue weighted by molar-refractivity contribution is 5.95. The van der Waals surface area contributed by atoms with Crippen molar-refractivity contribution in [2.75, 3.05) is 11.9 Å². The molecule has 5 heteroatoms. The van der Waals surface area contributed by atoms with Crippen LogP contribution in [-0.4, -0.2) is 18.5 Å². The summed E-state index contributed by atoms with van der Waals surface area (Å²) < 4.78 is 17.7. The van der Waals surface area contributed by atoms with E-state index in [1.807, 2.05) is 32.0 Å². The number of amides is 1. The zero-order valence-electron chi connectivity index (χ0n) is 12.4. The predicted molar refractivity (Wildman–Crippen MR) is 81.2 cm³/mol. The number of aryl methyl sites for hydroxylation is 2. The van der Waals surface area contributed by atoms with Crippen molar-refractivity contribution < 1.29 is 18.7 Å². The fourth-order valence-electron chi connectivity index (χ4n) is 1.86. The van der Waals surface area contributed by atoms with Gasteiger partial charge >= 0.3 is 5.97 Å². The molecule has 1 N–H and O–H groups in total. The van der Waals surface area contributed by atoms with Gasteiger partial charge in [0.2, 0.25) is 0 Å². The highest BCUT2D eigenvalue weighted by Crippen LogP contribution is 2.16. The Hall–Kier alpha value is -2.69. The third-order valence-corrected chi connectivity index (χ3v) is 3.08. The summed E-state index contributed by atoms with van der Waals surface area (Å²) in [5, 5.41) is 2.69. The second kappa shape index (κ2) is 6.85. The Balaban J connectivity index is 1.91. The number of anilines is 1. The maximum absolute atomic E-state index is 12.8. The van der Waals surface area contributed by atoms with Gasteiger partial charge in [-0.25, -0.2) is 9.18 Å². The van der Waals surface area contributed by atoms with E-state index in [0.29, 0.717) is 5.69 Å². The molecule has 2 aromatic carbocycles. The van der Waals surface area contributed by atoms with Crippen LogP contribution in [0, 0.1) is 19.7 Å². The molecule has 0 radical (unpaired) electrons. The van der Waals surface area contributed by atoms with Crippen molar-refractivity contribution in [2.45, 2.75) is 13.8 Å². The average molecular weight is 301 g/mol. The molecule has 0 unspecified atom stereocenters. The number of esters is 1. The Bertz CT molecular complexity index is 696. The highest BCUT2D eigenvalue weighted by atomic mass is 19.1. The molecule has 2 rings (SSSR count). The molecule has 2 aromatic rings. The lowest BCUT2D eigenvalue weighted by atomic mass is 10.1. The Morgan fingerprint density at radius 3 is 2.45 bits per heavy atom. The van der Waals surface area contributed by atoms with E-state index in [2.05, 4.69) is 5.32 Å². The van der Waals surface area contributed by atoms with E-state index < -0.39 is 24.3 Å². The van der Waals surface area contributed by atoms with Crippen LogP contribution in [0.3, 0.4) is 0 Å². The summed E-state index contributed by atoms with van der Waals surface area (Å²) >= 11 is 0. The van der Waals surface area contributed by atoms with Gasteiger partial charge in [0.25, 0.3) is 5.91 Å². The lowest BCUT2D eigenvalue weighted by Crippen LogP contribution is -2.21. The standard InChI is InChI=1S/C17H16FNO3/c1-11-3-4-12(2)15(9-11)19-16(20)10-22-17(21)13-5-7-14(18)8-6-13/h3-9H,10H2,1-2H3,(H,19,20). The summed E-state index contributed by atoms with van der Waals surface area (Å²) in [6.07, 6.45) is 0. The SMILES string of the molecule is Cc1ccc(C)c(NC(=O)COC(=O)c2ccc(F)cc2)c1. The largest absolute Gasteiger partial charge is 0.452 e. The number of hydrogen-bond donors (Lipinski definition) is 1. The van der Waals surface area contributed by atoms with Gasteiger partial charge in [0.15, 0.2) is 6.61 Å². The normalized spacial score (nSPS) is 10.1. The molecule has 4 nitrogen and oxygen atoms in total. The molecular formula is C17H16FNO3. The maximum atomic E-state index is 12.8. The summed E-state index contributed by atoms with van der Waals surface area (Å²) in [6.45, 7) is 3.40. The molecule has 114 valence electrons. The number of hydrogen-bond acceptors (Lipinski definition) is 3. The summed E-state index contributed by atoms with van der Waals surface area (Å²) in [5.41, 5.74) is 2.82. The summed E-state index contributed by atoms with van der Waals surface area (Å²) in [5.74, 6) is -1.54. The van der Waals surface area contributed by atoms with Gasteiger partial charge in [-0.1, -0.05) is 12.1 Å². The number of rotatable bonds is 4. The Kier molecular flexibility index (Phi) is 4.88. The van der Waals surface area contributed by atoms with Crippen molar-refractivity contribution in [3.8, 4) is 0 Å². The molecule has 0 heterocycles. The predicted octanol–water partition coefficient (Wildman–Crippen LogP) is 3.24. The van der Waals surface area contributed by atoms with Crippen LogP contribution in [0.25, 0.3) is 0 Å². The quantitative estimate of drug-likeness (QED) is 0.882. The molecule has 0 saturated carbocycles. The van der Waals surface area contributed by atoms with E-state index in [1.54, 1.807) is 0 Å². The van der Waals surface area contributed by atoms with Crippen molar-refractivity contribution in [1.82, 2.24) is 0 Å². The van der Waals surface area contributed by atoms with Crippen molar-refractivity contribution in [1.29, 1.82) is 0 Å². The first kappa shape index (κ1) is 15.7. The van der Waals surface area contributed by atoms with Crippen molar-refractivity contribution in [2.24, 2.45) is 0 Å². The lowest BCUT2D eigenvalue weighted by molar-refractivity contribution is -0.119. The third-order valence-electron chi connectivity index (χ3n) is 3.08. The van der Waals surface area contributed by atoms with E-state index in [1.165, 1.54) is 12.1 Å². The number of halogens is 1. The van der Waals surface area contributed by atoms with Gasteiger partial charge in [0.1, 0.15) is 5.82 Å². The van der Waals surface area contributed by atoms with Crippen LogP contribution >= 0.6 is 0 Å². The van der Waals surface area contributed by atoms with Crippen LogP contribution in [0.5, 0.6) is 0 Å². The smallest absolute Gasteiger partial charge is 0.338 e. The van der Waals surface area contributed by atoms with Gasteiger partial charge in [0.05, 0.1) is 5.56 Å².